The summed E-state index contributed by atoms with van der Waals surface area (Å²) in [5, 5.41) is 79.2. The minimum Gasteiger partial charge on any atom is -0.394 e. The fraction of sp³-hybridized carbons (Fsp3) is 0.833. The highest BCUT2D eigenvalue weighted by molar-refractivity contribution is 7.46. The number of aldehydes is 2. The van der Waals surface area contributed by atoms with E-state index in [4.69, 9.17) is 50.6 Å². The van der Waals surface area contributed by atoms with Crippen LogP contribution < -0.4 is 0 Å². The minimum atomic E-state index is -5.02. The zero-order chi connectivity index (χ0) is 22.7. The highest BCUT2D eigenvalue weighted by atomic mass is 31.2. The number of aliphatic hydroxyl groups is 9. The Kier molecular flexibility index (Phi) is 14.8. The molecule has 0 radical (unpaired) electrons. The van der Waals surface area contributed by atoms with Gasteiger partial charge in [0, 0.05) is 0 Å². The van der Waals surface area contributed by atoms with Gasteiger partial charge in [0.15, 0.2) is 18.7 Å². The molecule has 0 aromatic heterocycles. The number of carbonyl (C=O) groups is 2. The van der Waals surface area contributed by atoms with Gasteiger partial charge in [0.1, 0.15) is 42.7 Å². The van der Waals surface area contributed by atoms with Crippen LogP contribution in [0.4, 0.5) is 0 Å². The van der Waals surface area contributed by atoms with Crippen molar-refractivity contribution in [1.29, 1.82) is 0 Å². The molecule has 0 aromatic carbocycles. The van der Waals surface area contributed by atoms with E-state index in [9.17, 15) is 19.3 Å². The summed E-state index contributed by atoms with van der Waals surface area (Å²) < 4.78 is 14.2. The predicted octanol–water partition coefficient (Wildman–Crippen LogP) is -6.64. The van der Waals surface area contributed by atoms with Crippen LogP contribution in [0.2, 0.25) is 0 Å². The lowest BCUT2D eigenvalue weighted by atomic mass is 10.0. The highest BCUT2D eigenvalue weighted by Gasteiger charge is 2.35. The van der Waals surface area contributed by atoms with Crippen LogP contribution in [0.1, 0.15) is 0 Å². The van der Waals surface area contributed by atoms with Gasteiger partial charge in [-0.15, -0.1) is 0 Å². The molecule has 0 aliphatic carbocycles. The number of carbonyl (C=O) groups excluding carboxylic acids is 2. The molecule has 168 valence electrons. The van der Waals surface area contributed by atoms with Crippen molar-refractivity contribution in [3.63, 3.8) is 0 Å². The van der Waals surface area contributed by atoms with E-state index in [0.29, 0.717) is 0 Å². The summed E-state index contributed by atoms with van der Waals surface area (Å²) in [6.07, 6.45) is -14.8. The molecule has 0 fully saturated rings. The Morgan fingerprint density at radius 2 is 1.11 bits per heavy atom. The molecule has 0 aromatic rings. The van der Waals surface area contributed by atoms with E-state index in [2.05, 4.69) is 4.52 Å². The summed E-state index contributed by atoms with van der Waals surface area (Å²) in [6.45, 7) is -1.66. The Hall–Kier alpha value is -0.910. The molecule has 0 amide bonds. The molecule has 16 heteroatoms. The summed E-state index contributed by atoms with van der Waals surface area (Å²) in [4.78, 5) is 37.0. The number of rotatable bonds is 12. The molecule has 0 saturated heterocycles. The lowest BCUT2D eigenvalue weighted by Gasteiger charge is -2.25. The van der Waals surface area contributed by atoms with Crippen LogP contribution in [0.15, 0.2) is 0 Å². The van der Waals surface area contributed by atoms with E-state index < -0.39 is 69.9 Å². The SMILES string of the molecule is O=C[C@H](O)[C@@H](O)[C@@H](O)[C@H](O)CO.O=C[C@H](OP(=O)(O)O)[C@@H](O)[C@H](O)[C@H](O)CO. The van der Waals surface area contributed by atoms with Gasteiger partial charge in [-0.25, -0.2) is 4.57 Å². The van der Waals surface area contributed by atoms with Crippen molar-refractivity contribution in [2.75, 3.05) is 13.2 Å². The first-order valence-corrected chi connectivity index (χ1v) is 8.93. The average Bonchev–Trinajstić information content (AvgIpc) is 2.67. The first-order chi connectivity index (χ1) is 12.8. The second kappa shape index (κ2) is 14.1. The smallest absolute Gasteiger partial charge is 0.394 e. The van der Waals surface area contributed by atoms with Crippen molar-refractivity contribution in [2.24, 2.45) is 0 Å². The fourth-order valence-corrected chi connectivity index (χ4v) is 1.97. The number of hydrogen-bond acceptors (Lipinski definition) is 13. The van der Waals surface area contributed by atoms with Crippen LogP contribution in [0.5, 0.6) is 0 Å². The Morgan fingerprint density at radius 3 is 1.39 bits per heavy atom. The lowest BCUT2D eigenvalue weighted by molar-refractivity contribution is -0.136. The Bertz CT molecular complexity index is 484. The summed E-state index contributed by atoms with van der Waals surface area (Å²) in [5.74, 6) is 0. The van der Waals surface area contributed by atoms with E-state index in [0.717, 1.165) is 0 Å². The lowest BCUT2D eigenvalue weighted by Crippen LogP contribution is -2.47. The molecule has 0 saturated carbocycles. The molecule has 28 heavy (non-hydrogen) atoms. The largest absolute Gasteiger partial charge is 0.470 e. The molecule has 8 atom stereocenters. The van der Waals surface area contributed by atoms with E-state index in [1.807, 2.05) is 0 Å². The van der Waals surface area contributed by atoms with Gasteiger partial charge in [0.05, 0.1) is 13.2 Å². The summed E-state index contributed by atoms with van der Waals surface area (Å²) >= 11 is 0. The molecule has 0 spiro atoms. The number of phosphoric ester groups is 1. The molecule has 0 rings (SSSR count). The first-order valence-electron chi connectivity index (χ1n) is 7.40. The summed E-state index contributed by atoms with van der Waals surface area (Å²) in [6, 6.07) is 0. The second-order valence-corrected chi connectivity index (χ2v) is 6.48. The zero-order valence-corrected chi connectivity index (χ0v) is 15.1. The number of aliphatic hydroxyl groups excluding tert-OH is 9. The van der Waals surface area contributed by atoms with Crippen LogP contribution in [-0.2, 0) is 18.7 Å². The molecule has 0 aliphatic heterocycles. The van der Waals surface area contributed by atoms with Gasteiger partial charge in [0.2, 0.25) is 0 Å². The molecule has 0 bridgehead atoms. The normalized spacial score (nSPS) is 20.4. The van der Waals surface area contributed by atoms with E-state index in [-0.39, 0.29) is 12.6 Å². The molecule has 0 heterocycles. The standard InChI is InChI=1S/C6H13O9P.C6H12O6/c7-1-3(9)5(10)6(11)4(2-8)15-16(12,13)14;7-1-3(9)5(11)6(12)4(10)2-8/h2-7,9-11H,1H2,(H2,12,13,14);1,3-6,8-12H,2H2/t3-,4+,5-,6-;3-,4+,5+,6-/m10/s1. The second-order valence-electron chi connectivity index (χ2n) is 5.29. The topological polar surface area (TPSA) is 283 Å². The molecule has 15 nitrogen and oxygen atoms in total. The molecule has 0 unspecified atom stereocenters. The van der Waals surface area contributed by atoms with Gasteiger partial charge in [-0.2, -0.15) is 0 Å². The highest BCUT2D eigenvalue weighted by Crippen LogP contribution is 2.38. The maximum absolute atomic E-state index is 10.4. The minimum absolute atomic E-state index is 0.0258. The fourth-order valence-electron chi connectivity index (χ4n) is 1.47. The predicted molar refractivity (Wildman–Crippen MR) is 85.3 cm³/mol. The van der Waals surface area contributed by atoms with Gasteiger partial charge >= 0.3 is 7.82 Å². The molecule has 0 aliphatic rings. The molecular weight excluding hydrogens is 415 g/mol. The maximum atomic E-state index is 10.4. The maximum Gasteiger partial charge on any atom is 0.470 e. The monoisotopic (exact) mass is 440 g/mol. The molecule has 11 N–H and O–H groups in total. The van der Waals surface area contributed by atoms with Gasteiger partial charge in [-0.05, 0) is 0 Å². The van der Waals surface area contributed by atoms with E-state index in [1.165, 1.54) is 0 Å². The van der Waals surface area contributed by atoms with Crippen LogP contribution in [0.3, 0.4) is 0 Å². The van der Waals surface area contributed by atoms with Crippen molar-refractivity contribution in [3.05, 3.63) is 0 Å². The number of phosphoric acid groups is 1. The third kappa shape index (κ3) is 11.2. The van der Waals surface area contributed by atoms with Crippen LogP contribution in [0.25, 0.3) is 0 Å². The van der Waals surface area contributed by atoms with Crippen molar-refractivity contribution in [2.45, 2.75) is 48.8 Å². The van der Waals surface area contributed by atoms with Crippen LogP contribution in [-0.4, -0.2) is 130 Å². The Balaban J connectivity index is 0. The van der Waals surface area contributed by atoms with Crippen molar-refractivity contribution in [3.8, 4) is 0 Å². The summed E-state index contributed by atoms with van der Waals surface area (Å²) in [5.41, 5.74) is 0. The Morgan fingerprint density at radius 1 is 0.714 bits per heavy atom. The van der Waals surface area contributed by atoms with E-state index >= 15 is 0 Å². The van der Waals surface area contributed by atoms with Crippen molar-refractivity contribution < 1.29 is 74.4 Å². The molecular formula is C12H25O15P. The van der Waals surface area contributed by atoms with Gasteiger partial charge in [0.25, 0.3) is 0 Å². The number of hydrogen-bond donors (Lipinski definition) is 11. The Labute approximate surface area is 157 Å². The quantitative estimate of drug-likeness (QED) is 0.0993. The van der Waals surface area contributed by atoms with Gasteiger partial charge < -0.3 is 65.3 Å². The van der Waals surface area contributed by atoms with E-state index in [1.54, 1.807) is 0 Å². The van der Waals surface area contributed by atoms with Gasteiger partial charge in [-0.1, -0.05) is 0 Å². The van der Waals surface area contributed by atoms with Crippen molar-refractivity contribution >= 4 is 20.4 Å². The summed E-state index contributed by atoms with van der Waals surface area (Å²) in [7, 11) is -5.02. The zero-order valence-electron chi connectivity index (χ0n) is 14.2. The van der Waals surface area contributed by atoms with Crippen LogP contribution in [0, 0.1) is 0 Å². The third-order valence-electron chi connectivity index (χ3n) is 3.08. The third-order valence-corrected chi connectivity index (χ3v) is 3.60. The van der Waals surface area contributed by atoms with Gasteiger partial charge in [-0.3, -0.25) is 4.52 Å². The van der Waals surface area contributed by atoms with Crippen LogP contribution >= 0.6 is 7.82 Å². The average molecular weight is 440 g/mol. The van der Waals surface area contributed by atoms with Crippen molar-refractivity contribution in [1.82, 2.24) is 0 Å². The first kappa shape index (κ1) is 29.3.